The molecule has 3 aromatic rings. The number of rotatable bonds is 5. The van der Waals surface area contributed by atoms with Gasteiger partial charge in [0.1, 0.15) is 18.4 Å². The number of ether oxygens (including phenoxy) is 1. The van der Waals surface area contributed by atoms with Crippen LogP contribution in [0.5, 0.6) is 5.75 Å². The van der Waals surface area contributed by atoms with Gasteiger partial charge >= 0.3 is 0 Å². The fourth-order valence-electron chi connectivity index (χ4n) is 1.76. The lowest BCUT2D eigenvalue weighted by atomic mass is 10.2. The van der Waals surface area contributed by atoms with Crippen molar-refractivity contribution in [2.24, 2.45) is 0 Å². The first-order chi connectivity index (χ1) is 9.85. The maximum atomic E-state index is 5.18. The Hall–Kier alpha value is -2.77. The number of tetrazole rings is 1. The highest BCUT2D eigenvalue weighted by atomic mass is 16.5. The van der Waals surface area contributed by atoms with Crippen molar-refractivity contribution in [2.75, 3.05) is 7.11 Å². The second kappa shape index (κ2) is 5.47. The predicted molar refractivity (Wildman–Crippen MR) is 69.8 cm³/mol. The summed E-state index contributed by atoms with van der Waals surface area (Å²) in [7, 11) is 1.63. The maximum absolute atomic E-state index is 5.18. The van der Waals surface area contributed by atoms with Crippen molar-refractivity contribution in [3.05, 3.63) is 36.9 Å². The lowest BCUT2D eigenvalue weighted by Gasteiger charge is -2.00. The fourth-order valence-corrected chi connectivity index (χ4v) is 1.76. The Kier molecular flexibility index (Phi) is 3.36. The van der Waals surface area contributed by atoms with E-state index in [0.29, 0.717) is 18.9 Å². The second-order valence-corrected chi connectivity index (χ2v) is 4.10. The number of hydrogen-bond acceptors (Lipinski definition) is 6. The first kappa shape index (κ1) is 12.3. The van der Waals surface area contributed by atoms with E-state index in [1.54, 1.807) is 18.1 Å². The van der Waals surface area contributed by atoms with Gasteiger partial charge in [-0.25, -0.2) is 4.98 Å². The van der Waals surface area contributed by atoms with Crippen LogP contribution in [-0.4, -0.2) is 42.1 Å². The van der Waals surface area contributed by atoms with Gasteiger partial charge in [-0.05, 0) is 17.3 Å². The van der Waals surface area contributed by atoms with Crippen LogP contribution in [0.15, 0.2) is 36.9 Å². The highest BCUT2D eigenvalue weighted by Gasteiger charge is 2.07. The molecule has 3 rings (SSSR count). The molecule has 0 aliphatic carbocycles. The molecule has 0 N–H and O–H groups in total. The number of benzene rings is 1. The highest BCUT2D eigenvalue weighted by Crippen LogP contribution is 2.19. The molecule has 2 aromatic heterocycles. The van der Waals surface area contributed by atoms with Gasteiger partial charge in [-0.3, -0.25) is 4.68 Å². The minimum atomic E-state index is 0.572. The van der Waals surface area contributed by atoms with Crippen LogP contribution in [0.4, 0.5) is 0 Å². The molecule has 0 amide bonds. The highest BCUT2D eigenvalue weighted by molar-refractivity contribution is 5.56. The Morgan fingerprint density at radius 2 is 2.20 bits per heavy atom. The van der Waals surface area contributed by atoms with Crippen LogP contribution >= 0.6 is 0 Å². The average molecular weight is 271 g/mol. The van der Waals surface area contributed by atoms with Crippen molar-refractivity contribution in [3.63, 3.8) is 0 Å². The Morgan fingerprint density at radius 3 is 3.00 bits per heavy atom. The van der Waals surface area contributed by atoms with Crippen LogP contribution in [0.3, 0.4) is 0 Å². The normalized spacial score (nSPS) is 10.7. The van der Waals surface area contributed by atoms with Crippen LogP contribution < -0.4 is 4.74 Å². The molecule has 8 nitrogen and oxygen atoms in total. The number of nitrogens with zero attached hydrogens (tertiary/aromatic N) is 7. The zero-order valence-corrected chi connectivity index (χ0v) is 10.9. The van der Waals surface area contributed by atoms with Gasteiger partial charge in [0.2, 0.25) is 5.82 Å². The third-order valence-corrected chi connectivity index (χ3v) is 2.78. The number of methoxy groups -OCH3 is 1. The molecule has 0 atom stereocenters. The van der Waals surface area contributed by atoms with Gasteiger partial charge < -0.3 is 4.74 Å². The summed E-state index contributed by atoms with van der Waals surface area (Å²) < 4.78 is 6.90. The smallest absolute Gasteiger partial charge is 0.205 e. The van der Waals surface area contributed by atoms with Gasteiger partial charge in [0.15, 0.2) is 0 Å². The molecular formula is C12H13N7O. The van der Waals surface area contributed by atoms with E-state index in [0.717, 1.165) is 11.3 Å². The minimum absolute atomic E-state index is 0.572. The number of hydrogen-bond donors (Lipinski definition) is 0. The molecule has 0 saturated heterocycles. The summed E-state index contributed by atoms with van der Waals surface area (Å²) in [6.07, 6.45) is 3.15. The summed E-state index contributed by atoms with van der Waals surface area (Å²) in [5, 5.41) is 16.4. The molecule has 0 radical (unpaired) electrons. The van der Waals surface area contributed by atoms with Crippen molar-refractivity contribution >= 4 is 0 Å². The molecule has 0 spiro atoms. The van der Waals surface area contributed by atoms with Crippen molar-refractivity contribution in [2.45, 2.75) is 13.1 Å². The van der Waals surface area contributed by atoms with Gasteiger partial charge in [0.05, 0.1) is 20.2 Å². The number of aryl methyl sites for hydroxylation is 2. The Labute approximate surface area is 115 Å². The summed E-state index contributed by atoms with van der Waals surface area (Å²) in [6, 6.07) is 7.56. The summed E-state index contributed by atoms with van der Waals surface area (Å²) in [5.41, 5.74) is 0.872. The van der Waals surface area contributed by atoms with Crippen molar-refractivity contribution < 1.29 is 4.74 Å². The molecule has 0 unspecified atom stereocenters. The molecule has 20 heavy (non-hydrogen) atoms. The molecule has 0 bridgehead atoms. The van der Waals surface area contributed by atoms with Crippen LogP contribution in [0.1, 0.15) is 0 Å². The first-order valence-corrected chi connectivity index (χ1v) is 6.10. The Morgan fingerprint density at radius 1 is 1.25 bits per heavy atom. The fraction of sp³-hybridized carbons (Fsp3) is 0.250. The molecule has 8 heteroatoms. The number of aromatic nitrogens is 7. The molecule has 2 heterocycles. The van der Waals surface area contributed by atoms with Gasteiger partial charge in [-0.1, -0.05) is 12.1 Å². The van der Waals surface area contributed by atoms with Gasteiger partial charge in [0, 0.05) is 5.56 Å². The first-order valence-electron chi connectivity index (χ1n) is 6.10. The van der Waals surface area contributed by atoms with Crippen molar-refractivity contribution in [3.8, 4) is 17.1 Å². The van der Waals surface area contributed by atoms with E-state index >= 15 is 0 Å². The Bertz CT molecular complexity index is 677. The average Bonchev–Trinajstić information content (AvgIpc) is 3.16. The molecule has 0 saturated carbocycles. The van der Waals surface area contributed by atoms with Crippen LogP contribution in [0, 0.1) is 0 Å². The maximum Gasteiger partial charge on any atom is 0.205 e. The van der Waals surface area contributed by atoms with E-state index in [1.165, 1.54) is 11.1 Å². The molecule has 0 aliphatic rings. The van der Waals surface area contributed by atoms with E-state index in [9.17, 15) is 0 Å². The lowest BCUT2D eigenvalue weighted by Crippen LogP contribution is -2.10. The van der Waals surface area contributed by atoms with E-state index in [2.05, 4.69) is 25.5 Å². The molecule has 1 aromatic carbocycles. The summed E-state index contributed by atoms with van der Waals surface area (Å²) >= 11 is 0. The minimum Gasteiger partial charge on any atom is -0.497 e. The van der Waals surface area contributed by atoms with Crippen molar-refractivity contribution in [1.82, 2.24) is 35.0 Å². The summed E-state index contributed by atoms with van der Waals surface area (Å²) in [4.78, 5) is 5.42. The predicted octanol–water partition coefficient (Wildman–Crippen LogP) is 0.640. The third kappa shape index (κ3) is 2.63. The van der Waals surface area contributed by atoms with E-state index < -0.39 is 0 Å². The van der Waals surface area contributed by atoms with Crippen LogP contribution in [0.2, 0.25) is 0 Å². The zero-order valence-electron chi connectivity index (χ0n) is 10.9. The Balaban J connectivity index is 1.72. The van der Waals surface area contributed by atoms with Gasteiger partial charge in [-0.2, -0.15) is 9.90 Å². The molecule has 102 valence electrons. The molecule has 0 fully saturated rings. The third-order valence-electron chi connectivity index (χ3n) is 2.78. The topological polar surface area (TPSA) is 83.5 Å². The van der Waals surface area contributed by atoms with Gasteiger partial charge in [0.25, 0.3) is 0 Å². The van der Waals surface area contributed by atoms with Crippen LogP contribution in [-0.2, 0) is 13.1 Å². The van der Waals surface area contributed by atoms with Crippen LogP contribution in [0.25, 0.3) is 11.4 Å². The monoisotopic (exact) mass is 271 g/mol. The summed E-state index contributed by atoms with van der Waals surface area (Å²) in [6.45, 7) is 1.23. The van der Waals surface area contributed by atoms with E-state index in [-0.39, 0.29) is 0 Å². The van der Waals surface area contributed by atoms with E-state index in [1.807, 2.05) is 24.3 Å². The summed E-state index contributed by atoms with van der Waals surface area (Å²) in [5.74, 6) is 1.34. The van der Waals surface area contributed by atoms with E-state index in [4.69, 9.17) is 4.74 Å². The zero-order chi connectivity index (χ0) is 13.8. The van der Waals surface area contributed by atoms with Gasteiger partial charge in [-0.15, -0.1) is 10.2 Å². The molecule has 0 aliphatic heterocycles. The standard InChI is InChI=1S/C12H13N7O/c1-20-11-4-2-3-10(7-11)12-15-17-19(16-12)6-5-18-9-13-8-14-18/h2-4,7-9H,5-6H2,1H3. The largest absolute Gasteiger partial charge is 0.497 e. The quantitative estimate of drug-likeness (QED) is 0.677. The second-order valence-electron chi connectivity index (χ2n) is 4.10. The lowest BCUT2D eigenvalue weighted by molar-refractivity contribution is 0.415. The SMILES string of the molecule is COc1cccc(-c2nnn(CCn3cncn3)n2)c1. The molecular weight excluding hydrogens is 258 g/mol. The van der Waals surface area contributed by atoms with Crippen molar-refractivity contribution in [1.29, 1.82) is 0 Å².